The molecule has 1 fully saturated rings. The summed E-state index contributed by atoms with van der Waals surface area (Å²) in [7, 11) is 0. The Morgan fingerprint density at radius 1 is 1.08 bits per heavy atom. The number of anilines is 1. The Balaban J connectivity index is 1.50. The van der Waals surface area contributed by atoms with Crippen molar-refractivity contribution in [1.82, 2.24) is 4.90 Å². The number of hydrogen-bond acceptors (Lipinski definition) is 3. The van der Waals surface area contributed by atoms with Gasteiger partial charge in [-0.05, 0) is 62.7 Å². The van der Waals surface area contributed by atoms with Gasteiger partial charge in [0.1, 0.15) is 5.75 Å². The van der Waals surface area contributed by atoms with Crippen LogP contribution in [0.4, 0.5) is 5.69 Å². The van der Waals surface area contributed by atoms with Crippen molar-refractivity contribution in [1.29, 1.82) is 0 Å². The number of carbonyl (C=O) groups is 1. The van der Waals surface area contributed by atoms with Crippen molar-refractivity contribution in [3.8, 4) is 5.75 Å². The van der Waals surface area contributed by atoms with E-state index in [0.717, 1.165) is 12.2 Å². The Morgan fingerprint density at radius 2 is 1.84 bits per heavy atom. The second-order valence-electron chi connectivity index (χ2n) is 6.69. The molecular formula is C21H26N2O2. The van der Waals surface area contributed by atoms with Crippen molar-refractivity contribution < 1.29 is 9.53 Å². The molecule has 4 nitrogen and oxygen atoms in total. The van der Waals surface area contributed by atoms with Gasteiger partial charge in [-0.1, -0.05) is 36.2 Å². The van der Waals surface area contributed by atoms with Crippen LogP contribution >= 0.6 is 0 Å². The zero-order chi connectivity index (χ0) is 17.5. The summed E-state index contributed by atoms with van der Waals surface area (Å²) in [4.78, 5) is 14.6. The first kappa shape index (κ1) is 17.5. The average Bonchev–Trinajstić information content (AvgIpc) is 2.62. The van der Waals surface area contributed by atoms with E-state index in [1.165, 1.54) is 43.5 Å². The predicted octanol–water partition coefficient (Wildman–Crippen LogP) is 4.00. The molecule has 0 atom stereocenters. The van der Waals surface area contributed by atoms with Crippen LogP contribution in [-0.2, 0) is 11.3 Å². The van der Waals surface area contributed by atoms with Gasteiger partial charge in [0.15, 0.2) is 6.61 Å². The smallest absolute Gasteiger partial charge is 0.262 e. The molecule has 0 unspecified atom stereocenters. The molecule has 2 aromatic rings. The van der Waals surface area contributed by atoms with Crippen LogP contribution in [-0.4, -0.2) is 30.5 Å². The predicted molar refractivity (Wildman–Crippen MR) is 101 cm³/mol. The normalized spacial score (nSPS) is 14.9. The van der Waals surface area contributed by atoms with Gasteiger partial charge in [0, 0.05) is 12.2 Å². The average molecular weight is 338 g/mol. The van der Waals surface area contributed by atoms with Crippen LogP contribution < -0.4 is 10.1 Å². The molecule has 1 saturated heterocycles. The molecule has 0 spiro atoms. The van der Waals surface area contributed by atoms with E-state index in [2.05, 4.69) is 22.3 Å². The fraction of sp³-hybridized carbons (Fsp3) is 0.381. The van der Waals surface area contributed by atoms with E-state index in [4.69, 9.17) is 4.74 Å². The maximum atomic E-state index is 12.1. The standard InChI is InChI=1S/C21H26N2O2/c1-17-8-10-20(11-9-17)25-16-21(24)22-19-7-5-6-18(14-19)15-23-12-3-2-4-13-23/h5-11,14H,2-4,12-13,15-16H2,1H3,(H,22,24). The number of piperidine rings is 1. The molecule has 0 aromatic heterocycles. The Kier molecular flexibility index (Phi) is 6.07. The number of benzene rings is 2. The molecule has 3 rings (SSSR count). The molecule has 0 radical (unpaired) electrons. The van der Waals surface area contributed by atoms with Gasteiger partial charge >= 0.3 is 0 Å². The second-order valence-corrected chi connectivity index (χ2v) is 6.69. The third kappa shape index (κ3) is 5.61. The molecule has 25 heavy (non-hydrogen) atoms. The van der Waals surface area contributed by atoms with Gasteiger partial charge in [0.2, 0.25) is 0 Å². The number of hydrogen-bond donors (Lipinski definition) is 1. The fourth-order valence-electron chi connectivity index (χ4n) is 3.10. The Bertz CT molecular complexity index is 691. The fourth-order valence-corrected chi connectivity index (χ4v) is 3.10. The summed E-state index contributed by atoms with van der Waals surface area (Å²) < 4.78 is 5.53. The first-order valence-corrected chi connectivity index (χ1v) is 9.00. The van der Waals surface area contributed by atoms with Crippen molar-refractivity contribution in [2.45, 2.75) is 32.7 Å². The monoisotopic (exact) mass is 338 g/mol. The minimum atomic E-state index is -0.143. The zero-order valence-electron chi connectivity index (χ0n) is 14.8. The van der Waals surface area contributed by atoms with Gasteiger partial charge in [-0.3, -0.25) is 9.69 Å². The summed E-state index contributed by atoms with van der Waals surface area (Å²) in [6.07, 6.45) is 3.91. The largest absolute Gasteiger partial charge is 0.484 e. The molecule has 4 heteroatoms. The third-order valence-electron chi connectivity index (χ3n) is 4.46. The number of likely N-dealkylation sites (tertiary alicyclic amines) is 1. The SMILES string of the molecule is Cc1ccc(OCC(=O)Nc2cccc(CN3CCCCC3)c2)cc1. The molecule has 132 valence electrons. The van der Waals surface area contributed by atoms with Gasteiger partial charge in [0.25, 0.3) is 5.91 Å². The lowest BCUT2D eigenvalue weighted by Gasteiger charge is -2.26. The number of ether oxygens (including phenoxy) is 1. The van der Waals surface area contributed by atoms with Crippen LogP contribution in [0.1, 0.15) is 30.4 Å². The van der Waals surface area contributed by atoms with Crippen LogP contribution in [0, 0.1) is 6.92 Å². The van der Waals surface area contributed by atoms with Crippen LogP contribution in [0.15, 0.2) is 48.5 Å². The number of amides is 1. The highest BCUT2D eigenvalue weighted by Crippen LogP contribution is 2.16. The number of nitrogens with one attached hydrogen (secondary N) is 1. The summed E-state index contributed by atoms with van der Waals surface area (Å²) in [5.41, 5.74) is 3.23. The molecule has 2 aromatic carbocycles. The van der Waals surface area contributed by atoms with E-state index in [0.29, 0.717) is 5.75 Å². The number of rotatable bonds is 6. The maximum absolute atomic E-state index is 12.1. The summed E-state index contributed by atoms with van der Waals surface area (Å²) >= 11 is 0. The second kappa shape index (κ2) is 8.67. The highest BCUT2D eigenvalue weighted by Gasteiger charge is 2.11. The molecule has 1 N–H and O–H groups in total. The van der Waals surface area contributed by atoms with Gasteiger partial charge < -0.3 is 10.1 Å². The number of aryl methyl sites for hydroxylation is 1. The third-order valence-corrected chi connectivity index (χ3v) is 4.46. The lowest BCUT2D eigenvalue weighted by Crippen LogP contribution is -2.29. The molecule has 1 amide bonds. The molecule has 1 aliphatic rings. The molecule has 1 aliphatic heterocycles. The van der Waals surface area contributed by atoms with Gasteiger partial charge in [0.05, 0.1) is 0 Å². The van der Waals surface area contributed by atoms with Gasteiger partial charge in [-0.15, -0.1) is 0 Å². The molecular weight excluding hydrogens is 312 g/mol. The van der Waals surface area contributed by atoms with E-state index in [1.807, 2.05) is 43.3 Å². The molecule has 0 bridgehead atoms. The minimum Gasteiger partial charge on any atom is -0.484 e. The summed E-state index contributed by atoms with van der Waals surface area (Å²) in [5.74, 6) is 0.565. The van der Waals surface area contributed by atoms with Crippen LogP contribution in [0.2, 0.25) is 0 Å². The number of carbonyl (C=O) groups excluding carboxylic acids is 1. The lowest BCUT2D eigenvalue weighted by atomic mass is 10.1. The Hall–Kier alpha value is -2.33. The maximum Gasteiger partial charge on any atom is 0.262 e. The topological polar surface area (TPSA) is 41.6 Å². The van der Waals surface area contributed by atoms with Crippen LogP contribution in [0.3, 0.4) is 0 Å². The van der Waals surface area contributed by atoms with E-state index in [1.54, 1.807) is 0 Å². The molecule has 1 heterocycles. The van der Waals surface area contributed by atoms with Crippen molar-refractivity contribution in [2.75, 3.05) is 25.0 Å². The highest BCUT2D eigenvalue weighted by molar-refractivity contribution is 5.91. The Morgan fingerprint density at radius 3 is 2.60 bits per heavy atom. The van der Waals surface area contributed by atoms with E-state index >= 15 is 0 Å². The van der Waals surface area contributed by atoms with Crippen LogP contribution in [0.25, 0.3) is 0 Å². The van der Waals surface area contributed by atoms with Crippen molar-refractivity contribution in [3.05, 3.63) is 59.7 Å². The summed E-state index contributed by atoms with van der Waals surface area (Å²) in [6, 6.07) is 15.8. The minimum absolute atomic E-state index is 0.0133. The quantitative estimate of drug-likeness (QED) is 0.865. The molecule has 0 aliphatic carbocycles. The first-order chi connectivity index (χ1) is 12.2. The van der Waals surface area contributed by atoms with Crippen molar-refractivity contribution >= 4 is 11.6 Å². The summed E-state index contributed by atoms with van der Waals surface area (Å²) in [5, 5.41) is 2.92. The first-order valence-electron chi connectivity index (χ1n) is 9.00. The van der Waals surface area contributed by atoms with Crippen LogP contribution in [0.5, 0.6) is 5.75 Å². The van der Waals surface area contributed by atoms with Crippen molar-refractivity contribution in [3.63, 3.8) is 0 Å². The lowest BCUT2D eigenvalue weighted by molar-refractivity contribution is -0.118. The van der Waals surface area contributed by atoms with E-state index < -0.39 is 0 Å². The Labute approximate surface area is 149 Å². The van der Waals surface area contributed by atoms with E-state index in [-0.39, 0.29) is 12.5 Å². The highest BCUT2D eigenvalue weighted by atomic mass is 16.5. The van der Waals surface area contributed by atoms with Gasteiger partial charge in [-0.2, -0.15) is 0 Å². The van der Waals surface area contributed by atoms with Gasteiger partial charge in [-0.25, -0.2) is 0 Å². The zero-order valence-corrected chi connectivity index (χ0v) is 14.8. The number of nitrogens with zero attached hydrogens (tertiary/aromatic N) is 1. The van der Waals surface area contributed by atoms with E-state index in [9.17, 15) is 4.79 Å². The summed E-state index contributed by atoms with van der Waals surface area (Å²) in [6.45, 7) is 5.32. The van der Waals surface area contributed by atoms with Crippen molar-refractivity contribution in [2.24, 2.45) is 0 Å². The molecule has 0 saturated carbocycles.